The average Bonchev–Trinajstić information content (AvgIpc) is 2.71. The summed E-state index contributed by atoms with van der Waals surface area (Å²) in [6.07, 6.45) is 6.73. The van der Waals surface area contributed by atoms with Gasteiger partial charge < -0.3 is 4.57 Å². The van der Waals surface area contributed by atoms with E-state index in [0.29, 0.717) is 0 Å². The van der Waals surface area contributed by atoms with Crippen molar-refractivity contribution in [2.75, 3.05) is 0 Å². The summed E-state index contributed by atoms with van der Waals surface area (Å²) in [5.41, 5.74) is 2.73. The molecule has 1 aromatic heterocycles. The first kappa shape index (κ1) is 9.00. The minimum Gasteiger partial charge on any atom is -0.333 e. The summed E-state index contributed by atoms with van der Waals surface area (Å²) in [6, 6.07) is 8.68. The fourth-order valence-electron chi connectivity index (χ4n) is 1.54. The van der Waals surface area contributed by atoms with Crippen LogP contribution in [-0.4, -0.2) is 9.55 Å². The van der Waals surface area contributed by atoms with Crippen LogP contribution in [0.15, 0.2) is 43.0 Å². The van der Waals surface area contributed by atoms with E-state index >= 15 is 0 Å². The second kappa shape index (κ2) is 4.09. The van der Waals surface area contributed by atoms with E-state index in [1.54, 1.807) is 0 Å². The van der Waals surface area contributed by atoms with Gasteiger partial charge in [0.05, 0.1) is 6.33 Å². The molecule has 0 N–H and O–H groups in total. The van der Waals surface area contributed by atoms with Gasteiger partial charge in [-0.3, -0.25) is 0 Å². The molecular formula is C12H14N2. The standard InChI is InChI=1S/C12H14N2/c1-2-11-4-3-5-12(8-11)9-14-7-6-13-10-14/h3-8,10H,2,9H2,1H3. The van der Waals surface area contributed by atoms with E-state index < -0.39 is 0 Å². The molecule has 2 heteroatoms. The SMILES string of the molecule is CCc1cccc(Cn2ccnc2)c1. The Hall–Kier alpha value is -1.57. The van der Waals surface area contributed by atoms with Crippen molar-refractivity contribution in [2.24, 2.45) is 0 Å². The van der Waals surface area contributed by atoms with E-state index in [9.17, 15) is 0 Å². The maximum atomic E-state index is 4.02. The molecule has 1 heterocycles. The molecule has 0 fully saturated rings. The Balaban J connectivity index is 2.17. The minimum absolute atomic E-state index is 0.911. The Labute approximate surface area is 84.2 Å². The molecule has 1 aromatic carbocycles. The van der Waals surface area contributed by atoms with Crippen molar-refractivity contribution >= 4 is 0 Å². The molecule has 0 saturated heterocycles. The molecule has 0 saturated carbocycles. The Morgan fingerprint density at radius 2 is 2.14 bits per heavy atom. The fourth-order valence-corrected chi connectivity index (χ4v) is 1.54. The first-order valence-electron chi connectivity index (χ1n) is 4.92. The predicted molar refractivity (Wildman–Crippen MR) is 57.1 cm³/mol. The van der Waals surface area contributed by atoms with Gasteiger partial charge in [-0.25, -0.2) is 4.98 Å². The summed E-state index contributed by atoms with van der Waals surface area (Å²) in [4.78, 5) is 4.02. The molecule has 72 valence electrons. The Morgan fingerprint density at radius 3 is 2.86 bits per heavy atom. The third-order valence-corrected chi connectivity index (χ3v) is 2.32. The number of aromatic nitrogens is 2. The van der Waals surface area contributed by atoms with Crippen LogP contribution in [0.5, 0.6) is 0 Å². The highest BCUT2D eigenvalue weighted by molar-refractivity contribution is 5.23. The molecule has 0 spiro atoms. The molecule has 0 radical (unpaired) electrons. The smallest absolute Gasteiger partial charge is 0.0949 e. The van der Waals surface area contributed by atoms with Crippen molar-refractivity contribution in [1.82, 2.24) is 9.55 Å². The number of nitrogens with zero attached hydrogens (tertiary/aromatic N) is 2. The van der Waals surface area contributed by atoms with Gasteiger partial charge in [0.15, 0.2) is 0 Å². The minimum atomic E-state index is 0.911. The number of rotatable bonds is 3. The zero-order valence-corrected chi connectivity index (χ0v) is 8.35. The quantitative estimate of drug-likeness (QED) is 0.720. The molecule has 2 nitrogen and oxygen atoms in total. The molecule has 0 amide bonds. The molecular weight excluding hydrogens is 172 g/mol. The number of aryl methyl sites for hydroxylation is 1. The molecule has 14 heavy (non-hydrogen) atoms. The van der Waals surface area contributed by atoms with Gasteiger partial charge in [0, 0.05) is 18.9 Å². The molecule has 0 aliphatic rings. The summed E-state index contributed by atoms with van der Waals surface area (Å²) in [5.74, 6) is 0. The number of hydrogen-bond acceptors (Lipinski definition) is 1. The molecule has 2 aromatic rings. The first-order chi connectivity index (χ1) is 6.88. The first-order valence-corrected chi connectivity index (χ1v) is 4.92. The molecule has 0 aliphatic heterocycles. The van der Waals surface area contributed by atoms with Crippen LogP contribution in [0.2, 0.25) is 0 Å². The zero-order chi connectivity index (χ0) is 9.80. The van der Waals surface area contributed by atoms with E-state index in [4.69, 9.17) is 0 Å². The number of hydrogen-bond donors (Lipinski definition) is 0. The molecule has 0 atom stereocenters. The highest BCUT2D eigenvalue weighted by Crippen LogP contribution is 2.07. The van der Waals surface area contributed by atoms with E-state index in [0.717, 1.165) is 13.0 Å². The topological polar surface area (TPSA) is 17.8 Å². The van der Waals surface area contributed by atoms with Gasteiger partial charge in [-0.2, -0.15) is 0 Å². The molecule has 0 bridgehead atoms. The van der Waals surface area contributed by atoms with Crippen molar-refractivity contribution in [3.63, 3.8) is 0 Å². The lowest BCUT2D eigenvalue weighted by Crippen LogP contribution is -1.96. The van der Waals surface area contributed by atoms with E-state index in [1.807, 2.05) is 18.7 Å². The lowest BCUT2D eigenvalue weighted by molar-refractivity contribution is 0.795. The van der Waals surface area contributed by atoms with E-state index in [2.05, 4.69) is 40.7 Å². The highest BCUT2D eigenvalue weighted by atomic mass is 15.0. The second-order valence-electron chi connectivity index (χ2n) is 3.41. The van der Waals surface area contributed by atoms with E-state index in [-0.39, 0.29) is 0 Å². The van der Waals surface area contributed by atoms with Crippen molar-refractivity contribution in [3.05, 3.63) is 54.1 Å². The van der Waals surface area contributed by atoms with Gasteiger partial charge in [-0.1, -0.05) is 31.2 Å². The van der Waals surface area contributed by atoms with Crippen molar-refractivity contribution in [1.29, 1.82) is 0 Å². The predicted octanol–water partition coefficient (Wildman–Crippen LogP) is 2.49. The van der Waals surface area contributed by atoms with Gasteiger partial charge in [0.25, 0.3) is 0 Å². The summed E-state index contributed by atoms with van der Waals surface area (Å²) in [7, 11) is 0. The van der Waals surface area contributed by atoms with Gasteiger partial charge in [0.1, 0.15) is 0 Å². The second-order valence-corrected chi connectivity index (χ2v) is 3.41. The summed E-state index contributed by atoms with van der Waals surface area (Å²) in [6.45, 7) is 3.09. The van der Waals surface area contributed by atoms with Crippen LogP contribution in [0.1, 0.15) is 18.1 Å². The summed E-state index contributed by atoms with van der Waals surface area (Å²) < 4.78 is 2.08. The van der Waals surface area contributed by atoms with Gasteiger partial charge in [-0.15, -0.1) is 0 Å². The summed E-state index contributed by atoms with van der Waals surface area (Å²) >= 11 is 0. The van der Waals surface area contributed by atoms with Gasteiger partial charge >= 0.3 is 0 Å². The van der Waals surface area contributed by atoms with Crippen LogP contribution in [0.4, 0.5) is 0 Å². The Morgan fingerprint density at radius 1 is 1.29 bits per heavy atom. The van der Waals surface area contributed by atoms with Crippen LogP contribution >= 0.6 is 0 Å². The summed E-state index contributed by atoms with van der Waals surface area (Å²) in [5, 5.41) is 0. The fraction of sp³-hybridized carbons (Fsp3) is 0.250. The highest BCUT2D eigenvalue weighted by Gasteiger charge is 1.95. The van der Waals surface area contributed by atoms with Gasteiger partial charge in [-0.05, 0) is 17.5 Å². The lowest BCUT2D eigenvalue weighted by Gasteiger charge is -2.04. The van der Waals surface area contributed by atoms with Gasteiger partial charge in [0.2, 0.25) is 0 Å². The number of benzene rings is 1. The normalized spacial score (nSPS) is 10.4. The van der Waals surface area contributed by atoms with Crippen LogP contribution in [0.25, 0.3) is 0 Å². The average molecular weight is 186 g/mol. The maximum absolute atomic E-state index is 4.02. The van der Waals surface area contributed by atoms with Crippen molar-refractivity contribution in [3.8, 4) is 0 Å². The Kier molecular flexibility index (Phi) is 2.63. The van der Waals surface area contributed by atoms with Crippen LogP contribution in [0, 0.1) is 0 Å². The Bertz CT molecular complexity index is 390. The number of imidazole rings is 1. The van der Waals surface area contributed by atoms with E-state index in [1.165, 1.54) is 11.1 Å². The molecule has 0 unspecified atom stereocenters. The van der Waals surface area contributed by atoms with Crippen molar-refractivity contribution < 1.29 is 0 Å². The van der Waals surface area contributed by atoms with Crippen LogP contribution in [0.3, 0.4) is 0 Å². The van der Waals surface area contributed by atoms with Crippen LogP contribution in [-0.2, 0) is 13.0 Å². The largest absolute Gasteiger partial charge is 0.333 e. The lowest BCUT2D eigenvalue weighted by atomic mass is 10.1. The zero-order valence-electron chi connectivity index (χ0n) is 8.35. The monoisotopic (exact) mass is 186 g/mol. The molecule has 2 rings (SSSR count). The third-order valence-electron chi connectivity index (χ3n) is 2.32. The van der Waals surface area contributed by atoms with Crippen molar-refractivity contribution in [2.45, 2.75) is 19.9 Å². The van der Waals surface area contributed by atoms with Crippen LogP contribution < -0.4 is 0 Å². The maximum Gasteiger partial charge on any atom is 0.0949 e. The third kappa shape index (κ3) is 2.02. The molecule has 0 aliphatic carbocycles.